The molecule has 596 valence electrons. The first-order valence-corrected chi connectivity index (χ1v) is 40.4. The second-order valence-electron chi connectivity index (χ2n) is 28.2. The molecular weight excluding hydrogens is 1320 g/mol. The first kappa shape index (κ1) is 94.1. The number of aliphatic hydroxyl groups excluding tert-OH is 11. The van der Waals surface area contributed by atoms with E-state index in [1.807, 2.05) is 0 Å². The number of hydrogen-bond donors (Lipinski definition) is 12. The fourth-order valence-corrected chi connectivity index (χ4v) is 12.8. The summed E-state index contributed by atoms with van der Waals surface area (Å²) in [5.41, 5.74) is 0. The third-order valence-corrected chi connectivity index (χ3v) is 19.2. The van der Waals surface area contributed by atoms with E-state index in [2.05, 4.69) is 153 Å². The van der Waals surface area contributed by atoms with Crippen molar-refractivity contribution in [3.63, 3.8) is 0 Å². The van der Waals surface area contributed by atoms with E-state index < -0.39 is 124 Å². The topological polar surface area (TPSA) is 307 Å². The molecule has 3 aliphatic heterocycles. The van der Waals surface area contributed by atoms with Gasteiger partial charge in [0.25, 0.3) is 0 Å². The molecule has 19 heteroatoms. The lowest BCUT2D eigenvalue weighted by Crippen LogP contribution is -2.66. The second-order valence-corrected chi connectivity index (χ2v) is 28.2. The lowest BCUT2D eigenvalue weighted by atomic mass is 9.96. The largest absolute Gasteiger partial charge is 0.394 e. The van der Waals surface area contributed by atoms with Crippen molar-refractivity contribution in [2.75, 3.05) is 26.4 Å². The van der Waals surface area contributed by atoms with Crippen molar-refractivity contribution < 1.29 is 89.4 Å². The van der Waals surface area contributed by atoms with E-state index in [9.17, 15) is 61.0 Å². The van der Waals surface area contributed by atoms with E-state index in [0.717, 1.165) is 128 Å². The average molecular weight is 1470 g/mol. The van der Waals surface area contributed by atoms with Gasteiger partial charge in [0.05, 0.1) is 38.6 Å². The molecule has 0 aromatic heterocycles. The van der Waals surface area contributed by atoms with E-state index in [4.69, 9.17) is 28.4 Å². The van der Waals surface area contributed by atoms with Gasteiger partial charge in [-0.3, -0.25) is 4.79 Å². The van der Waals surface area contributed by atoms with Crippen LogP contribution in [0.5, 0.6) is 0 Å². The third-order valence-electron chi connectivity index (χ3n) is 19.2. The number of allylic oxidation sites excluding steroid dienone is 22. The Bertz CT molecular complexity index is 2400. The lowest BCUT2D eigenvalue weighted by molar-refractivity contribution is -0.379. The average Bonchev–Trinajstić information content (AvgIpc) is 0.783. The van der Waals surface area contributed by atoms with E-state index >= 15 is 0 Å². The minimum Gasteiger partial charge on any atom is -0.394 e. The summed E-state index contributed by atoms with van der Waals surface area (Å²) < 4.78 is 34.5. The molecule has 104 heavy (non-hydrogen) atoms. The molecule has 0 radical (unpaired) electrons. The van der Waals surface area contributed by atoms with Crippen LogP contribution in [0.3, 0.4) is 0 Å². The number of hydrogen-bond acceptors (Lipinski definition) is 18. The summed E-state index contributed by atoms with van der Waals surface area (Å²) in [7, 11) is 0. The Kier molecular flexibility index (Phi) is 57.8. The summed E-state index contributed by atoms with van der Waals surface area (Å²) in [5, 5.41) is 121. The SMILES string of the molecule is CC/C=C\C/C=C\C/C=C\C/C=C\C/C=C\C/C=C\C/C=C\C/C=C\C/C=C\C/C=C\C/C=C\CCCCCCCC(=O)NC(COC1OC(CO)C(OC2OC(CO)C(OC3OC(CO)C(O)C(O)C3O)C(O)C2O)C(O)C1O)C(O)CCCCCCCCCCCCCCCCCCCCCC. The zero-order valence-electron chi connectivity index (χ0n) is 63.7. The van der Waals surface area contributed by atoms with Crippen molar-refractivity contribution in [1.82, 2.24) is 5.32 Å². The predicted octanol–water partition coefficient (Wildman–Crippen LogP) is 13.7. The Labute approximate surface area is 626 Å². The van der Waals surface area contributed by atoms with Crippen LogP contribution < -0.4 is 5.32 Å². The highest BCUT2D eigenvalue weighted by Gasteiger charge is 2.54. The molecule has 19 nitrogen and oxygen atoms in total. The van der Waals surface area contributed by atoms with E-state index in [0.29, 0.717) is 12.8 Å². The van der Waals surface area contributed by atoms with Crippen LogP contribution in [0.15, 0.2) is 134 Å². The Balaban J connectivity index is 1.36. The lowest BCUT2D eigenvalue weighted by Gasteiger charge is -2.48. The van der Waals surface area contributed by atoms with Gasteiger partial charge in [-0.1, -0.05) is 295 Å². The van der Waals surface area contributed by atoms with Crippen molar-refractivity contribution in [3.8, 4) is 0 Å². The van der Waals surface area contributed by atoms with Crippen LogP contribution in [0, 0.1) is 0 Å². The van der Waals surface area contributed by atoms with Crippen LogP contribution in [-0.2, 0) is 33.2 Å². The maximum atomic E-state index is 13.5. The smallest absolute Gasteiger partial charge is 0.220 e. The van der Waals surface area contributed by atoms with Gasteiger partial charge in [-0.15, -0.1) is 0 Å². The number of aliphatic hydroxyl groups is 11. The summed E-state index contributed by atoms with van der Waals surface area (Å²) in [6.07, 6.45) is 63.8. The zero-order valence-corrected chi connectivity index (χ0v) is 63.7. The standard InChI is InChI=1S/C85H143NO18/c1-3-5-7-9-11-13-15-17-19-21-23-25-26-27-28-29-30-31-32-33-34-35-36-37-38-39-40-41-42-43-45-47-49-51-53-55-57-59-61-63-73(91)86-68(69(90)62-60-58-56-54-52-50-48-46-44-24-22-20-18-16-14-12-10-8-6-4-2)67-99-83-79(97)76(94)81(71(65-88)101-83)104-85-80(98)77(95)82(72(66-89)102-85)103-84-78(96)75(93)74(92)70(64-87)100-84/h5,7,11,13,17,19,23,25,27-28,30-31,33-34,36-37,39-40,42-43,47,49,68-72,74-85,87-90,92-98H,3-4,6,8-10,12,14-16,18,20-22,24,26,29,32,35,38,41,44-46,48,50-67H2,1-2H3,(H,86,91)/b7-5-,13-11-,19-17-,25-23-,28-27-,31-30-,34-33-,37-36-,40-39-,43-42-,49-47-. The summed E-state index contributed by atoms with van der Waals surface area (Å²) in [6.45, 7) is 1.68. The van der Waals surface area contributed by atoms with Gasteiger partial charge >= 0.3 is 0 Å². The first-order valence-electron chi connectivity index (χ1n) is 40.4. The van der Waals surface area contributed by atoms with E-state index in [1.54, 1.807) is 0 Å². The van der Waals surface area contributed by atoms with Crippen molar-refractivity contribution in [3.05, 3.63) is 134 Å². The molecule has 12 N–H and O–H groups in total. The monoisotopic (exact) mass is 1470 g/mol. The second kappa shape index (κ2) is 63.8. The molecule has 3 aliphatic rings. The van der Waals surface area contributed by atoms with Crippen LogP contribution in [0.1, 0.15) is 264 Å². The predicted molar refractivity (Wildman–Crippen MR) is 415 cm³/mol. The normalized spacial score (nSPS) is 26.6. The number of amides is 1. The number of carbonyl (C=O) groups is 1. The minimum absolute atomic E-state index is 0.236. The molecule has 17 atom stereocenters. The maximum Gasteiger partial charge on any atom is 0.220 e. The van der Waals surface area contributed by atoms with Crippen LogP contribution in [0.2, 0.25) is 0 Å². The highest BCUT2D eigenvalue weighted by atomic mass is 16.8. The van der Waals surface area contributed by atoms with Gasteiger partial charge in [-0.05, 0) is 96.3 Å². The molecule has 0 aliphatic carbocycles. The first-order chi connectivity index (χ1) is 50.8. The van der Waals surface area contributed by atoms with Gasteiger partial charge in [0.2, 0.25) is 5.91 Å². The van der Waals surface area contributed by atoms with E-state index in [-0.39, 0.29) is 18.9 Å². The molecule has 0 aromatic carbocycles. The third kappa shape index (κ3) is 43.2. The Hall–Kier alpha value is -4.07. The molecule has 17 unspecified atom stereocenters. The number of unbranched alkanes of at least 4 members (excludes halogenated alkanes) is 24. The van der Waals surface area contributed by atoms with Crippen molar-refractivity contribution in [2.45, 2.75) is 369 Å². The maximum absolute atomic E-state index is 13.5. The van der Waals surface area contributed by atoms with Gasteiger partial charge in [0.15, 0.2) is 18.9 Å². The number of nitrogens with one attached hydrogen (secondary N) is 1. The zero-order chi connectivity index (χ0) is 75.3. The quantitative estimate of drug-likeness (QED) is 0.0199. The minimum atomic E-state index is -1.98. The van der Waals surface area contributed by atoms with Gasteiger partial charge < -0.3 is 89.9 Å². The summed E-state index contributed by atoms with van der Waals surface area (Å²) in [6, 6.07) is -0.909. The van der Waals surface area contributed by atoms with Crippen LogP contribution in [0.25, 0.3) is 0 Å². The van der Waals surface area contributed by atoms with Crippen molar-refractivity contribution in [1.29, 1.82) is 0 Å². The molecule has 1 amide bonds. The molecule has 0 saturated carbocycles. The Morgan fingerprint density at radius 1 is 0.356 bits per heavy atom. The van der Waals surface area contributed by atoms with Crippen LogP contribution in [0.4, 0.5) is 0 Å². The highest BCUT2D eigenvalue weighted by molar-refractivity contribution is 5.76. The van der Waals surface area contributed by atoms with Crippen LogP contribution in [-0.4, -0.2) is 193 Å². The summed E-state index contributed by atoms with van der Waals surface area (Å²) >= 11 is 0. The van der Waals surface area contributed by atoms with Gasteiger partial charge in [0, 0.05) is 6.42 Å². The van der Waals surface area contributed by atoms with Gasteiger partial charge in [-0.2, -0.15) is 0 Å². The number of rotatable bonds is 62. The molecular formula is C85H143NO18. The molecule has 3 rings (SSSR count). The van der Waals surface area contributed by atoms with Gasteiger partial charge in [-0.25, -0.2) is 0 Å². The van der Waals surface area contributed by atoms with Gasteiger partial charge in [0.1, 0.15) is 73.2 Å². The number of carbonyl (C=O) groups excluding carboxylic acids is 1. The van der Waals surface area contributed by atoms with E-state index in [1.165, 1.54) is 103 Å². The van der Waals surface area contributed by atoms with Crippen molar-refractivity contribution >= 4 is 5.91 Å². The molecule has 0 spiro atoms. The Morgan fingerprint density at radius 2 is 0.663 bits per heavy atom. The fraction of sp³-hybridized carbons (Fsp3) is 0.729. The summed E-state index contributed by atoms with van der Waals surface area (Å²) in [4.78, 5) is 13.5. The van der Waals surface area contributed by atoms with Crippen LogP contribution >= 0.6 is 0 Å². The van der Waals surface area contributed by atoms with Crippen molar-refractivity contribution in [2.24, 2.45) is 0 Å². The molecule has 3 heterocycles. The Morgan fingerprint density at radius 3 is 1.04 bits per heavy atom. The molecule has 0 bridgehead atoms. The molecule has 0 aromatic rings. The summed E-state index contributed by atoms with van der Waals surface area (Å²) in [5.74, 6) is -0.265. The highest BCUT2D eigenvalue weighted by Crippen LogP contribution is 2.33. The molecule has 3 saturated heterocycles. The fourth-order valence-electron chi connectivity index (χ4n) is 12.8. The number of ether oxygens (including phenoxy) is 6. The molecule has 3 fully saturated rings.